The second-order valence-electron chi connectivity index (χ2n) is 6.00. The summed E-state index contributed by atoms with van der Waals surface area (Å²) in [4.78, 5) is 14.2. The standard InChI is InChI=1S/C14H27N3O/c1-12-6-2-4-10-17(12)11-5-3-9-16-13(18)14(15)7-8-14/h12H,2-11,15H2,1H3,(H,16,18). The molecule has 0 aromatic rings. The van der Waals surface area contributed by atoms with E-state index >= 15 is 0 Å². The molecule has 4 heteroatoms. The summed E-state index contributed by atoms with van der Waals surface area (Å²) in [6.07, 6.45) is 8.00. The summed E-state index contributed by atoms with van der Waals surface area (Å²) < 4.78 is 0. The Morgan fingerprint density at radius 3 is 2.83 bits per heavy atom. The number of amides is 1. The van der Waals surface area contributed by atoms with Crippen molar-refractivity contribution in [1.29, 1.82) is 0 Å². The fourth-order valence-electron chi connectivity index (χ4n) is 2.67. The third-order valence-corrected chi connectivity index (χ3v) is 4.34. The molecule has 18 heavy (non-hydrogen) atoms. The van der Waals surface area contributed by atoms with Gasteiger partial charge in [-0.05, 0) is 58.5 Å². The van der Waals surface area contributed by atoms with Gasteiger partial charge in [0.1, 0.15) is 0 Å². The molecule has 2 fully saturated rings. The third kappa shape index (κ3) is 3.69. The molecule has 0 radical (unpaired) electrons. The Hall–Kier alpha value is -0.610. The highest BCUT2D eigenvalue weighted by molar-refractivity contribution is 5.88. The van der Waals surface area contributed by atoms with E-state index in [1.807, 2.05) is 0 Å². The number of carbonyl (C=O) groups is 1. The number of nitrogens with one attached hydrogen (secondary N) is 1. The van der Waals surface area contributed by atoms with Gasteiger partial charge in [-0.3, -0.25) is 4.79 Å². The number of nitrogens with zero attached hydrogens (tertiary/aromatic N) is 1. The second kappa shape index (κ2) is 6.02. The quantitative estimate of drug-likeness (QED) is 0.700. The fourth-order valence-corrected chi connectivity index (χ4v) is 2.67. The van der Waals surface area contributed by atoms with Crippen LogP contribution in [-0.4, -0.2) is 42.0 Å². The Labute approximate surface area is 110 Å². The van der Waals surface area contributed by atoms with Crippen molar-refractivity contribution >= 4 is 5.91 Å². The highest BCUT2D eigenvalue weighted by Gasteiger charge is 2.45. The molecule has 1 unspecified atom stereocenters. The molecule has 1 saturated heterocycles. The van der Waals surface area contributed by atoms with Crippen LogP contribution in [0.4, 0.5) is 0 Å². The summed E-state index contributed by atoms with van der Waals surface area (Å²) in [6.45, 7) is 5.52. The van der Waals surface area contributed by atoms with Crippen LogP contribution in [0.3, 0.4) is 0 Å². The Morgan fingerprint density at radius 2 is 2.17 bits per heavy atom. The molecule has 0 aromatic heterocycles. The van der Waals surface area contributed by atoms with Crippen molar-refractivity contribution < 1.29 is 4.79 Å². The first-order valence-electron chi connectivity index (χ1n) is 7.43. The first kappa shape index (κ1) is 13.8. The average Bonchev–Trinajstić information content (AvgIpc) is 3.10. The lowest BCUT2D eigenvalue weighted by Crippen LogP contribution is -2.43. The molecule has 0 aromatic carbocycles. The summed E-state index contributed by atoms with van der Waals surface area (Å²) in [5, 5.41) is 2.95. The van der Waals surface area contributed by atoms with Crippen LogP contribution in [0.2, 0.25) is 0 Å². The van der Waals surface area contributed by atoms with Crippen LogP contribution >= 0.6 is 0 Å². The number of piperidine rings is 1. The summed E-state index contributed by atoms with van der Waals surface area (Å²) in [5.74, 6) is 0.0499. The Balaban J connectivity index is 1.52. The molecular formula is C14H27N3O. The van der Waals surface area contributed by atoms with Gasteiger partial charge >= 0.3 is 0 Å². The Bertz CT molecular complexity index is 289. The van der Waals surface area contributed by atoms with Crippen molar-refractivity contribution in [3.8, 4) is 0 Å². The number of carbonyl (C=O) groups excluding carboxylic acids is 1. The number of rotatable bonds is 6. The van der Waals surface area contributed by atoms with E-state index in [1.165, 1.54) is 38.8 Å². The molecule has 4 nitrogen and oxygen atoms in total. The largest absolute Gasteiger partial charge is 0.355 e. The van der Waals surface area contributed by atoms with Gasteiger partial charge in [-0.1, -0.05) is 6.42 Å². The first-order chi connectivity index (χ1) is 8.62. The molecule has 1 aliphatic carbocycles. The van der Waals surface area contributed by atoms with Gasteiger partial charge in [-0.25, -0.2) is 0 Å². The predicted octanol–water partition coefficient (Wildman–Crippen LogP) is 1.25. The first-order valence-corrected chi connectivity index (χ1v) is 7.43. The van der Waals surface area contributed by atoms with Crippen molar-refractivity contribution in [3.05, 3.63) is 0 Å². The molecule has 2 aliphatic rings. The minimum absolute atomic E-state index is 0.0499. The van der Waals surface area contributed by atoms with Gasteiger partial charge in [0, 0.05) is 12.6 Å². The maximum atomic E-state index is 11.6. The van der Waals surface area contributed by atoms with Crippen molar-refractivity contribution in [1.82, 2.24) is 10.2 Å². The number of hydrogen-bond donors (Lipinski definition) is 2. The van der Waals surface area contributed by atoms with Gasteiger partial charge < -0.3 is 16.0 Å². The monoisotopic (exact) mass is 253 g/mol. The van der Waals surface area contributed by atoms with E-state index in [0.29, 0.717) is 0 Å². The van der Waals surface area contributed by atoms with Gasteiger partial charge in [0.05, 0.1) is 5.54 Å². The minimum atomic E-state index is -0.513. The summed E-state index contributed by atoms with van der Waals surface area (Å²) in [6, 6.07) is 0.743. The van der Waals surface area contributed by atoms with Gasteiger partial charge in [0.15, 0.2) is 0 Å². The van der Waals surface area contributed by atoms with Gasteiger partial charge in [-0.2, -0.15) is 0 Å². The number of likely N-dealkylation sites (tertiary alicyclic amines) is 1. The molecule has 1 heterocycles. The molecule has 0 bridgehead atoms. The van der Waals surface area contributed by atoms with E-state index in [1.54, 1.807) is 0 Å². The molecule has 3 N–H and O–H groups in total. The smallest absolute Gasteiger partial charge is 0.240 e. The molecule has 1 amide bonds. The highest BCUT2D eigenvalue weighted by atomic mass is 16.2. The van der Waals surface area contributed by atoms with Gasteiger partial charge in [-0.15, -0.1) is 0 Å². The molecule has 1 saturated carbocycles. The summed E-state index contributed by atoms with van der Waals surface area (Å²) in [7, 11) is 0. The summed E-state index contributed by atoms with van der Waals surface area (Å²) >= 11 is 0. The zero-order valence-electron chi connectivity index (χ0n) is 11.6. The second-order valence-corrected chi connectivity index (χ2v) is 6.00. The van der Waals surface area contributed by atoms with E-state index in [2.05, 4.69) is 17.1 Å². The fraction of sp³-hybridized carbons (Fsp3) is 0.929. The van der Waals surface area contributed by atoms with Crippen LogP contribution in [0.15, 0.2) is 0 Å². The Morgan fingerprint density at radius 1 is 1.39 bits per heavy atom. The van der Waals surface area contributed by atoms with Crippen molar-refractivity contribution in [2.45, 2.75) is 63.5 Å². The molecule has 2 rings (SSSR count). The van der Waals surface area contributed by atoms with Crippen LogP contribution in [0, 0.1) is 0 Å². The third-order valence-electron chi connectivity index (χ3n) is 4.34. The molecule has 1 aliphatic heterocycles. The van der Waals surface area contributed by atoms with Crippen molar-refractivity contribution in [3.63, 3.8) is 0 Å². The van der Waals surface area contributed by atoms with E-state index < -0.39 is 5.54 Å². The van der Waals surface area contributed by atoms with E-state index in [-0.39, 0.29) is 5.91 Å². The maximum Gasteiger partial charge on any atom is 0.240 e. The highest BCUT2D eigenvalue weighted by Crippen LogP contribution is 2.31. The average molecular weight is 253 g/mol. The molecule has 104 valence electrons. The zero-order valence-corrected chi connectivity index (χ0v) is 11.6. The number of unbranched alkanes of at least 4 members (excludes halogenated alkanes) is 1. The lowest BCUT2D eigenvalue weighted by atomic mass is 10.0. The molecule has 1 atom stereocenters. The van der Waals surface area contributed by atoms with Crippen molar-refractivity contribution in [2.24, 2.45) is 5.73 Å². The predicted molar refractivity (Wildman–Crippen MR) is 73.3 cm³/mol. The SMILES string of the molecule is CC1CCCCN1CCCCNC(=O)C1(N)CC1. The van der Waals surface area contributed by atoms with Gasteiger partial charge in [0.2, 0.25) is 5.91 Å². The van der Waals surface area contributed by atoms with Crippen LogP contribution in [0.5, 0.6) is 0 Å². The van der Waals surface area contributed by atoms with E-state index in [0.717, 1.165) is 31.8 Å². The normalized spacial score (nSPS) is 26.9. The maximum absolute atomic E-state index is 11.6. The van der Waals surface area contributed by atoms with Crippen LogP contribution in [-0.2, 0) is 4.79 Å². The lowest BCUT2D eigenvalue weighted by Gasteiger charge is -2.33. The van der Waals surface area contributed by atoms with E-state index in [4.69, 9.17) is 5.73 Å². The van der Waals surface area contributed by atoms with E-state index in [9.17, 15) is 4.79 Å². The van der Waals surface area contributed by atoms with Crippen LogP contribution in [0.25, 0.3) is 0 Å². The van der Waals surface area contributed by atoms with Crippen molar-refractivity contribution in [2.75, 3.05) is 19.6 Å². The van der Waals surface area contributed by atoms with Crippen LogP contribution in [0.1, 0.15) is 51.9 Å². The molecular weight excluding hydrogens is 226 g/mol. The zero-order chi connectivity index (χ0) is 13.0. The molecule has 0 spiro atoms. The lowest BCUT2D eigenvalue weighted by molar-refractivity contribution is -0.123. The van der Waals surface area contributed by atoms with Crippen LogP contribution < -0.4 is 11.1 Å². The number of hydrogen-bond acceptors (Lipinski definition) is 3. The number of nitrogens with two attached hydrogens (primary N) is 1. The van der Waals surface area contributed by atoms with Gasteiger partial charge in [0.25, 0.3) is 0 Å². The topological polar surface area (TPSA) is 58.4 Å². The summed E-state index contributed by atoms with van der Waals surface area (Å²) in [5.41, 5.74) is 5.31. The Kier molecular flexibility index (Phi) is 4.62. The minimum Gasteiger partial charge on any atom is -0.355 e.